The Bertz CT molecular complexity index is 1190. The molecule has 0 spiro atoms. The predicted molar refractivity (Wildman–Crippen MR) is 118 cm³/mol. The van der Waals surface area contributed by atoms with E-state index in [1.165, 1.54) is 11.8 Å². The lowest BCUT2D eigenvalue weighted by Gasteiger charge is -2.09. The molecule has 0 atom stereocenters. The Morgan fingerprint density at radius 1 is 1.03 bits per heavy atom. The van der Waals surface area contributed by atoms with E-state index in [-0.39, 0.29) is 18.3 Å². The van der Waals surface area contributed by atoms with Crippen LogP contribution in [-0.2, 0) is 11.4 Å². The summed E-state index contributed by atoms with van der Waals surface area (Å²) in [6.07, 6.45) is 0. The van der Waals surface area contributed by atoms with Crippen LogP contribution in [-0.4, -0.2) is 21.9 Å². The number of rotatable bonds is 7. The monoisotopic (exact) mass is 419 g/mol. The second-order valence-electron chi connectivity index (χ2n) is 6.84. The van der Waals surface area contributed by atoms with Crippen molar-refractivity contribution >= 4 is 34.1 Å². The lowest BCUT2D eigenvalue weighted by molar-refractivity contribution is -0.113. The summed E-state index contributed by atoms with van der Waals surface area (Å²) in [6, 6.07) is 19.8. The summed E-state index contributed by atoms with van der Waals surface area (Å²) in [4.78, 5) is 12.2. The summed E-state index contributed by atoms with van der Waals surface area (Å²) in [5.74, 6) is 1.15. The summed E-state index contributed by atoms with van der Waals surface area (Å²) in [5, 5.41) is 13.5. The Kier molecular flexibility index (Phi) is 5.99. The van der Waals surface area contributed by atoms with Gasteiger partial charge in [0.25, 0.3) is 11.1 Å². The standard InChI is InChI=1S/C23H21N3O3S/c1-15-6-5-9-20(16(15)2)24-21(27)14-30-23-26-25-22(29-23)13-28-19-11-10-17-7-3-4-8-18(17)12-19/h3-12H,13-14H2,1-2H3,(H,24,27). The maximum atomic E-state index is 12.2. The van der Waals surface area contributed by atoms with E-state index in [4.69, 9.17) is 9.15 Å². The minimum Gasteiger partial charge on any atom is -0.484 e. The van der Waals surface area contributed by atoms with Crippen LogP contribution >= 0.6 is 11.8 Å². The summed E-state index contributed by atoms with van der Waals surface area (Å²) < 4.78 is 11.3. The van der Waals surface area contributed by atoms with Crippen molar-refractivity contribution in [3.05, 3.63) is 77.7 Å². The van der Waals surface area contributed by atoms with Gasteiger partial charge in [-0.15, -0.1) is 10.2 Å². The van der Waals surface area contributed by atoms with Crippen molar-refractivity contribution < 1.29 is 13.9 Å². The van der Waals surface area contributed by atoms with E-state index >= 15 is 0 Å². The lowest BCUT2D eigenvalue weighted by Crippen LogP contribution is -2.15. The predicted octanol–water partition coefficient (Wildman–Crippen LogP) is 5.15. The average Bonchev–Trinajstić information content (AvgIpc) is 3.22. The summed E-state index contributed by atoms with van der Waals surface area (Å²) >= 11 is 1.19. The zero-order chi connectivity index (χ0) is 20.9. The van der Waals surface area contributed by atoms with Gasteiger partial charge in [0.1, 0.15) is 5.75 Å². The number of nitrogens with one attached hydrogen (secondary N) is 1. The number of thioether (sulfide) groups is 1. The third-order valence-corrected chi connectivity index (χ3v) is 5.56. The largest absolute Gasteiger partial charge is 0.484 e. The number of aromatic nitrogens is 2. The molecular formula is C23H21N3O3S. The average molecular weight is 420 g/mol. The molecule has 0 saturated heterocycles. The normalized spacial score (nSPS) is 10.9. The van der Waals surface area contributed by atoms with Crippen LogP contribution in [0.5, 0.6) is 5.75 Å². The number of anilines is 1. The van der Waals surface area contributed by atoms with E-state index in [1.54, 1.807) is 0 Å². The van der Waals surface area contributed by atoms with Crippen molar-refractivity contribution in [3.8, 4) is 5.75 Å². The second-order valence-corrected chi connectivity index (χ2v) is 7.77. The Balaban J connectivity index is 1.29. The van der Waals surface area contributed by atoms with Crippen LogP contribution in [0.2, 0.25) is 0 Å². The smallest absolute Gasteiger partial charge is 0.277 e. The van der Waals surface area contributed by atoms with Gasteiger partial charge in [0, 0.05) is 5.69 Å². The minimum absolute atomic E-state index is 0.124. The van der Waals surface area contributed by atoms with Gasteiger partial charge in [0.05, 0.1) is 5.75 Å². The topological polar surface area (TPSA) is 77.2 Å². The van der Waals surface area contributed by atoms with Crippen molar-refractivity contribution in [1.82, 2.24) is 10.2 Å². The maximum absolute atomic E-state index is 12.2. The van der Waals surface area contributed by atoms with E-state index in [0.29, 0.717) is 11.1 Å². The molecule has 0 bridgehead atoms. The van der Waals surface area contributed by atoms with Crippen LogP contribution in [0.1, 0.15) is 17.0 Å². The van der Waals surface area contributed by atoms with Gasteiger partial charge in [-0.3, -0.25) is 4.79 Å². The molecule has 0 aliphatic rings. The first-order chi connectivity index (χ1) is 14.6. The quantitative estimate of drug-likeness (QED) is 0.418. The molecule has 6 nitrogen and oxygen atoms in total. The molecule has 30 heavy (non-hydrogen) atoms. The van der Waals surface area contributed by atoms with Crippen LogP contribution in [0.15, 0.2) is 70.3 Å². The van der Waals surface area contributed by atoms with Crippen molar-refractivity contribution in [1.29, 1.82) is 0 Å². The highest BCUT2D eigenvalue weighted by molar-refractivity contribution is 7.99. The molecule has 0 radical (unpaired) electrons. The van der Waals surface area contributed by atoms with Crippen LogP contribution in [0.4, 0.5) is 5.69 Å². The van der Waals surface area contributed by atoms with Gasteiger partial charge in [-0.25, -0.2) is 0 Å². The van der Waals surface area contributed by atoms with Crippen molar-refractivity contribution in [3.63, 3.8) is 0 Å². The van der Waals surface area contributed by atoms with Crippen molar-refractivity contribution in [2.75, 3.05) is 11.1 Å². The summed E-state index contributed by atoms with van der Waals surface area (Å²) in [5.41, 5.74) is 3.01. The van der Waals surface area contributed by atoms with E-state index in [0.717, 1.165) is 33.3 Å². The number of fused-ring (bicyclic) bond motifs is 1. The summed E-state index contributed by atoms with van der Waals surface area (Å²) in [6.45, 7) is 4.16. The Morgan fingerprint density at radius 3 is 2.73 bits per heavy atom. The maximum Gasteiger partial charge on any atom is 0.277 e. The number of nitrogens with zero attached hydrogens (tertiary/aromatic N) is 2. The highest BCUT2D eigenvalue weighted by Gasteiger charge is 2.12. The van der Waals surface area contributed by atoms with E-state index < -0.39 is 0 Å². The van der Waals surface area contributed by atoms with E-state index in [1.807, 2.05) is 68.4 Å². The minimum atomic E-state index is -0.124. The fourth-order valence-electron chi connectivity index (χ4n) is 2.96. The molecule has 0 fully saturated rings. The second kappa shape index (κ2) is 9.00. The third kappa shape index (κ3) is 4.80. The van der Waals surface area contributed by atoms with Crippen LogP contribution < -0.4 is 10.1 Å². The van der Waals surface area contributed by atoms with Crippen molar-refractivity contribution in [2.45, 2.75) is 25.7 Å². The molecule has 0 aliphatic heterocycles. The van der Waals surface area contributed by atoms with Gasteiger partial charge < -0.3 is 14.5 Å². The fraction of sp³-hybridized carbons (Fsp3) is 0.174. The van der Waals surface area contributed by atoms with Crippen LogP contribution in [0.25, 0.3) is 10.8 Å². The summed E-state index contributed by atoms with van der Waals surface area (Å²) in [7, 11) is 0. The molecule has 3 aromatic carbocycles. The molecule has 0 aliphatic carbocycles. The molecule has 1 aromatic heterocycles. The molecule has 152 valence electrons. The molecule has 7 heteroatoms. The van der Waals surface area contributed by atoms with Crippen molar-refractivity contribution in [2.24, 2.45) is 0 Å². The Labute approximate surface area is 178 Å². The highest BCUT2D eigenvalue weighted by Crippen LogP contribution is 2.23. The highest BCUT2D eigenvalue weighted by atomic mass is 32.2. The van der Waals surface area contributed by atoms with Gasteiger partial charge >= 0.3 is 0 Å². The van der Waals surface area contributed by atoms with Gasteiger partial charge in [-0.2, -0.15) is 0 Å². The zero-order valence-electron chi connectivity index (χ0n) is 16.7. The molecular weight excluding hydrogens is 398 g/mol. The number of carbonyl (C=O) groups is 1. The molecule has 0 saturated carbocycles. The SMILES string of the molecule is Cc1cccc(NC(=O)CSc2nnc(COc3ccc4ccccc4c3)o2)c1C. The first kappa shape index (κ1) is 20.0. The number of carbonyl (C=O) groups excluding carboxylic acids is 1. The molecule has 1 N–H and O–H groups in total. The lowest BCUT2D eigenvalue weighted by atomic mass is 10.1. The van der Waals surface area contributed by atoms with Gasteiger partial charge in [-0.05, 0) is 53.9 Å². The van der Waals surface area contributed by atoms with Gasteiger partial charge in [0.15, 0.2) is 6.61 Å². The van der Waals surface area contributed by atoms with Crippen LogP contribution in [0.3, 0.4) is 0 Å². The number of amides is 1. The Hall–Kier alpha value is -3.32. The van der Waals surface area contributed by atoms with E-state index in [2.05, 4.69) is 21.6 Å². The Morgan fingerprint density at radius 2 is 1.87 bits per heavy atom. The zero-order valence-corrected chi connectivity index (χ0v) is 17.5. The van der Waals surface area contributed by atoms with E-state index in [9.17, 15) is 4.79 Å². The van der Waals surface area contributed by atoms with Gasteiger partial charge in [-0.1, -0.05) is 54.2 Å². The molecule has 1 heterocycles. The first-order valence-corrected chi connectivity index (χ1v) is 10.5. The number of hydrogen-bond donors (Lipinski definition) is 1. The number of hydrogen-bond acceptors (Lipinski definition) is 6. The molecule has 4 aromatic rings. The number of aryl methyl sites for hydroxylation is 1. The van der Waals surface area contributed by atoms with Crippen LogP contribution in [0, 0.1) is 13.8 Å². The molecule has 0 unspecified atom stereocenters. The first-order valence-electron chi connectivity index (χ1n) is 9.51. The number of benzene rings is 3. The number of ether oxygens (including phenoxy) is 1. The third-order valence-electron chi connectivity index (χ3n) is 4.74. The molecule has 4 rings (SSSR count). The van der Waals surface area contributed by atoms with Gasteiger partial charge in [0.2, 0.25) is 5.91 Å². The fourth-order valence-corrected chi connectivity index (χ4v) is 3.54. The molecule has 1 amide bonds.